The number of piperidine rings is 1. The average molecular weight is 442 g/mol. The highest BCUT2D eigenvalue weighted by molar-refractivity contribution is 5.94. The molecule has 1 aliphatic rings. The zero-order valence-electron chi connectivity index (χ0n) is 18.6. The van der Waals surface area contributed by atoms with Gasteiger partial charge in [0.2, 0.25) is 5.91 Å². The molecule has 0 atom stereocenters. The molecule has 1 heterocycles. The van der Waals surface area contributed by atoms with E-state index in [4.69, 9.17) is 4.74 Å². The van der Waals surface area contributed by atoms with Crippen LogP contribution in [0.3, 0.4) is 0 Å². The van der Waals surface area contributed by atoms with Gasteiger partial charge in [0.1, 0.15) is 18.2 Å². The number of carbonyl (C=O) groups excluding carboxylic acids is 2. The Hall–Kier alpha value is -2.93. The first-order chi connectivity index (χ1) is 15.6. The van der Waals surface area contributed by atoms with Crippen LogP contribution >= 0.6 is 0 Å². The molecule has 32 heavy (non-hydrogen) atoms. The number of halogens is 1. The normalized spacial score (nSPS) is 14.4. The van der Waals surface area contributed by atoms with E-state index in [1.165, 1.54) is 12.1 Å². The van der Waals surface area contributed by atoms with E-state index < -0.39 is 0 Å². The Labute approximate surface area is 189 Å². The predicted molar refractivity (Wildman–Crippen MR) is 122 cm³/mol. The Kier molecular flexibility index (Phi) is 9.04. The van der Waals surface area contributed by atoms with Gasteiger partial charge in [0.25, 0.3) is 5.91 Å². The SMILES string of the molecule is CCCN(CC(=O)NCCOc1ccc(F)cc1)C1CCN(C(=O)c2ccccc2)CC1. The van der Waals surface area contributed by atoms with Gasteiger partial charge in [-0.3, -0.25) is 14.5 Å². The fraction of sp³-hybridized carbons (Fsp3) is 0.440. The maximum absolute atomic E-state index is 12.9. The molecule has 2 aromatic rings. The number of nitrogens with one attached hydrogen (secondary N) is 1. The molecule has 0 saturated carbocycles. The summed E-state index contributed by atoms with van der Waals surface area (Å²) in [6.07, 6.45) is 2.68. The number of carbonyl (C=O) groups is 2. The van der Waals surface area contributed by atoms with Crippen LogP contribution in [0.2, 0.25) is 0 Å². The highest BCUT2D eigenvalue weighted by Crippen LogP contribution is 2.19. The minimum Gasteiger partial charge on any atom is -0.492 e. The maximum atomic E-state index is 12.9. The van der Waals surface area contributed by atoms with Crippen LogP contribution in [0.25, 0.3) is 0 Å². The highest BCUT2D eigenvalue weighted by atomic mass is 19.1. The Bertz CT molecular complexity index is 852. The number of hydrogen-bond acceptors (Lipinski definition) is 4. The van der Waals surface area contributed by atoms with Crippen molar-refractivity contribution in [2.24, 2.45) is 0 Å². The standard InChI is InChI=1S/C25H32FN3O3/c1-2-15-29(19-24(30)27-14-18-32-23-10-8-21(26)9-11-23)22-12-16-28(17-13-22)25(31)20-6-4-3-5-7-20/h3-11,22H,2,12-19H2,1H3,(H,27,30). The molecule has 0 aliphatic carbocycles. The maximum Gasteiger partial charge on any atom is 0.253 e. The molecule has 2 amide bonds. The first-order valence-electron chi connectivity index (χ1n) is 11.3. The van der Waals surface area contributed by atoms with Crippen LogP contribution in [0.15, 0.2) is 54.6 Å². The lowest BCUT2D eigenvalue weighted by molar-refractivity contribution is -0.123. The molecule has 3 rings (SSSR count). The Morgan fingerprint density at radius 1 is 1.09 bits per heavy atom. The molecule has 1 N–H and O–H groups in total. The van der Waals surface area contributed by atoms with Crippen LogP contribution in [0.4, 0.5) is 4.39 Å². The molecule has 0 radical (unpaired) electrons. The Morgan fingerprint density at radius 3 is 2.44 bits per heavy atom. The van der Waals surface area contributed by atoms with Crippen LogP contribution in [0, 0.1) is 5.82 Å². The second-order valence-electron chi connectivity index (χ2n) is 8.01. The summed E-state index contributed by atoms with van der Waals surface area (Å²) in [5.41, 5.74) is 0.721. The molecule has 172 valence electrons. The van der Waals surface area contributed by atoms with Gasteiger partial charge in [-0.1, -0.05) is 25.1 Å². The summed E-state index contributed by atoms with van der Waals surface area (Å²) in [6, 6.07) is 15.5. The van der Waals surface area contributed by atoms with Crippen LogP contribution in [0.1, 0.15) is 36.5 Å². The second kappa shape index (κ2) is 12.2. The molecule has 6 nitrogen and oxygen atoms in total. The van der Waals surface area contributed by atoms with Crippen molar-refractivity contribution in [2.75, 3.05) is 39.3 Å². The number of rotatable bonds is 10. The van der Waals surface area contributed by atoms with Crippen molar-refractivity contribution >= 4 is 11.8 Å². The van der Waals surface area contributed by atoms with Gasteiger partial charge in [0, 0.05) is 24.7 Å². The molecule has 0 unspecified atom stereocenters. The lowest BCUT2D eigenvalue weighted by Gasteiger charge is -2.38. The molecule has 7 heteroatoms. The summed E-state index contributed by atoms with van der Waals surface area (Å²) in [6.45, 7) is 5.40. The van der Waals surface area contributed by atoms with Gasteiger partial charge in [0.15, 0.2) is 0 Å². The first kappa shape index (κ1) is 23.7. The van der Waals surface area contributed by atoms with E-state index in [0.717, 1.165) is 31.4 Å². The van der Waals surface area contributed by atoms with E-state index >= 15 is 0 Å². The van der Waals surface area contributed by atoms with Crippen molar-refractivity contribution in [3.8, 4) is 5.75 Å². The number of ether oxygens (including phenoxy) is 1. The summed E-state index contributed by atoms with van der Waals surface area (Å²) in [7, 11) is 0. The van der Waals surface area contributed by atoms with E-state index in [0.29, 0.717) is 38.5 Å². The zero-order valence-corrected chi connectivity index (χ0v) is 18.6. The zero-order chi connectivity index (χ0) is 22.8. The van der Waals surface area contributed by atoms with Crippen LogP contribution < -0.4 is 10.1 Å². The topological polar surface area (TPSA) is 61.9 Å². The minimum absolute atomic E-state index is 0.0380. The number of amides is 2. The quantitative estimate of drug-likeness (QED) is 0.575. The number of likely N-dealkylation sites (tertiary alicyclic amines) is 1. The predicted octanol–water partition coefficient (Wildman–Crippen LogP) is 3.34. The number of nitrogens with zero attached hydrogens (tertiary/aromatic N) is 2. The fourth-order valence-electron chi connectivity index (χ4n) is 4.01. The van der Waals surface area contributed by atoms with Gasteiger partial charge in [-0.15, -0.1) is 0 Å². The molecule has 1 saturated heterocycles. The monoisotopic (exact) mass is 441 g/mol. The largest absolute Gasteiger partial charge is 0.492 e. The lowest BCUT2D eigenvalue weighted by Crippen LogP contribution is -2.50. The molecule has 1 aliphatic heterocycles. The second-order valence-corrected chi connectivity index (χ2v) is 8.01. The van der Waals surface area contributed by atoms with E-state index in [-0.39, 0.29) is 23.7 Å². The summed E-state index contributed by atoms with van der Waals surface area (Å²) in [4.78, 5) is 29.3. The van der Waals surface area contributed by atoms with Gasteiger partial charge in [-0.2, -0.15) is 0 Å². The van der Waals surface area contributed by atoms with E-state index in [9.17, 15) is 14.0 Å². The molecular formula is C25H32FN3O3. The smallest absolute Gasteiger partial charge is 0.253 e. The summed E-state index contributed by atoms with van der Waals surface area (Å²) < 4.78 is 18.4. The van der Waals surface area contributed by atoms with Gasteiger partial charge in [0.05, 0.1) is 13.1 Å². The van der Waals surface area contributed by atoms with E-state index in [1.807, 2.05) is 35.2 Å². The van der Waals surface area contributed by atoms with Gasteiger partial charge in [-0.25, -0.2) is 4.39 Å². The van der Waals surface area contributed by atoms with Crippen LogP contribution in [-0.4, -0.2) is 67.0 Å². The summed E-state index contributed by atoms with van der Waals surface area (Å²) in [5, 5.41) is 2.90. The first-order valence-corrected chi connectivity index (χ1v) is 11.3. The third-order valence-corrected chi connectivity index (χ3v) is 5.65. The molecule has 1 fully saturated rings. The minimum atomic E-state index is -0.308. The lowest BCUT2D eigenvalue weighted by atomic mass is 10.0. The fourth-order valence-corrected chi connectivity index (χ4v) is 4.01. The number of benzene rings is 2. The van der Waals surface area contributed by atoms with Crippen LogP contribution in [-0.2, 0) is 4.79 Å². The van der Waals surface area contributed by atoms with Crippen molar-refractivity contribution in [3.63, 3.8) is 0 Å². The van der Waals surface area contributed by atoms with Crippen molar-refractivity contribution in [2.45, 2.75) is 32.2 Å². The van der Waals surface area contributed by atoms with Crippen molar-refractivity contribution in [1.29, 1.82) is 0 Å². The summed E-state index contributed by atoms with van der Waals surface area (Å²) >= 11 is 0. The molecule has 0 bridgehead atoms. The van der Waals surface area contributed by atoms with Crippen molar-refractivity contribution in [1.82, 2.24) is 15.1 Å². The number of hydrogen-bond donors (Lipinski definition) is 1. The van der Waals surface area contributed by atoms with Gasteiger partial charge in [-0.05, 0) is 62.2 Å². The van der Waals surface area contributed by atoms with Crippen molar-refractivity contribution in [3.05, 3.63) is 66.0 Å². The van der Waals surface area contributed by atoms with Gasteiger partial charge < -0.3 is 15.0 Å². The average Bonchev–Trinajstić information content (AvgIpc) is 2.83. The Balaban J connectivity index is 1.41. The molecule has 2 aromatic carbocycles. The summed E-state index contributed by atoms with van der Waals surface area (Å²) in [5.74, 6) is 0.302. The highest BCUT2D eigenvalue weighted by Gasteiger charge is 2.28. The third-order valence-electron chi connectivity index (χ3n) is 5.65. The van der Waals surface area contributed by atoms with Crippen LogP contribution in [0.5, 0.6) is 5.75 Å². The molecule has 0 spiro atoms. The molecule has 0 aromatic heterocycles. The third kappa shape index (κ3) is 7.05. The van der Waals surface area contributed by atoms with E-state index in [2.05, 4.69) is 17.1 Å². The van der Waals surface area contributed by atoms with Crippen molar-refractivity contribution < 1.29 is 18.7 Å². The molecular weight excluding hydrogens is 409 g/mol. The van der Waals surface area contributed by atoms with Gasteiger partial charge >= 0.3 is 0 Å². The Morgan fingerprint density at radius 2 is 1.78 bits per heavy atom. The van der Waals surface area contributed by atoms with E-state index in [1.54, 1.807) is 12.1 Å².